The minimum Gasteiger partial charge on any atom is -0.399 e. The first-order valence-corrected chi connectivity index (χ1v) is 4.37. The van der Waals surface area contributed by atoms with Crippen LogP contribution in [0.4, 0.5) is 4.39 Å². The van der Waals surface area contributed by atoms with Crippen LogP contribution in [0, 0.1) is 5.41 Å². The van der Waals surface area contributed by atoms with E-state index in [1.807, 2.05) is 12.2 Å². The SMILES string of the molecule is CC1(CCCF)C=CC(N)=CC1. The topological polar surface area (TPSA) is 26.0 Å². The molecule has 0 aromatic heterocycles. The Morgan fingerprint density at radius 2 is 2.42 bits per heavy atom. The van der Waals surface area contributed by atoms with Gasteiger partial charge < -0.3 is 5.73 Å². The fraction of sp³-hybridized carbons (Fsp3) is 0.600. The molecule has 2 heteroatoms. The summed E-state index contributed by atoms with van der Waals surface area (Å²) in [7, 11) is 0. The van der Waals surface area contributed by atoms with E-state index in [-0.39, 0.29) is 12.1 Å². The van der Waals surface area contributed by atoms with Crippen LogP contribution in [-0.4, -0.2) is 6.67 Å². The third-order valence-corrected chi connectivity index (χ3v) is 2.36. The summed E-state index contributed by atoms with van der Waals surface area (Å²) >= 11 is 0. The highest BCUT2D eigenvalue weighted by molar-refractivity contribution is 5.23. The van der Waals surface area contributed by atoms with E-state index >= 15 is 0 Å². The molecule has 68 valence electrons. The second-order valence-electron chi connectivity index (χ2n) is 3.69. The van der Waals surface area contributed by atoms with Gasteiger partial charge >= 0.3 is 0 Å². The summed E-state index contributed by atoms with van der Waals surface area (Å²) in [6.07, 6.45) is 8.52. The highest BCUT2D eigenvalue weighted by atomic mass is 19.1. The van der Waals surface area contributed by atoms with E-state index < -0.39 is 0 Å². The average molecular weight is 169 g/mol. The molecule has 0 bridgehead atoms. The van der Waals surface area contributed by atoms with Crippen LogP contribution in [0.1, 0.15) is 26.2 Å². The summed E-state index contributed by atoms with van der Waals surface area (Å²) in [6.45, 7) is 1.92. The molecule has 0 aliphatic heterocycles. The van der Waals surface area contributed by atoms with Gasteiger partial charge in [-0.3, -0.25) is 4.39 Å². The fourth-order valence-electron chi connectivity index (χ4n) is 1.44. The molecule has 1 unspecified atom stereocenters. The predicted octanol–water partition coefficient (Wildman–Crippen LogP) is 2.54. The Bertz CT molecular complexity index is 208. The van der Waals surface area contributed by atoms with E-state index in [1.54, 1.807) is 0 Å². The molecular weight excluding hydrogens is 153 g/mol. The van der Waals surface area contributed by atoms with Gasteiger partial charge in [-0.25, -0.2) is 0 Å². The zero-order valence-electron chi connectivity index (χ0n) is 7.52. The van der Waals surface area contributed by atoms with Gasteiger partial charge in [0.15, 0.2) is 0 Å². The van der Waals surface area contributed by atoms with Gasteiger partial charge in [0.1, 0.15) is 0 Å². The molecular formula is C10H16FN. The van der Waals surface area contributed by atoms with Crippen LogP contribution >= 0.6 is 0 Å². The van der Waals surface area contributed by atoms with Crippen molar-refractivity contribution in [1.29, 1.82) is 0 Å². The molecule has 0 spiro atoms. The zero-order valence-corrected chi connectivity index (χ0v) is 7.52. The van der Waals surface area contributed by atoms with Crippen LogP contribution in [-0.2, 0) is 0 Å². The Kier molecular flexibility index (Phi) is 2.90. The fourth-order valence-corrected chi connectivity index (χ4v) is 1.44. The Labute approximate surface area is 73.1 Å². The lowest BCUT2D eigenvalue weighted by molar-refractivity contribution is 0.344. The second kappa shape index (κ2) is 3.74. The number of rotatable bonds is 3. The Morgan fingerprint density at radius 3 is 2.92 bits per heavy atom. The number of nitrogens with two attached hydrogens (primary N) is 1. The molecule has 0 saturated carbocycles. The highest BCUT2D eigenvalue weighted by Crippen LogP contribution is 2.32. The molecule has 1 atom stereocenters. The van der Waals surface area contributed by atoms with Gasteiger partial charge in [-0.05, 0) is 30.8 Å². The summed E-state index contributed by atoms with van der Waals surface area (Å²) < 4.78 is 11.9. The molecule has 1 rings (SSSR count). The maximum absolute atomic E-state index is 11.9. The van der Waals surface area contributed by atoms with Crippen molar-refractivity contribution >= 4 is 0 Å². The third kappa shape index (κ3) is 2.36. The number of halogens is 1. The lowest BCUT2D eigenvalue weighted by atomic mass is 9.79. The number of hydrogen-bond acceptors (Lipinski definition) is 1. The van der Waals surface area contributed by atoms with Crippen molar-refractivity contribution in [2.45, 2.75) is 26.2 Å². The Hall–Kier alpha value is -0.790. The van der Waals surface area contributed by atoms with Gasteiger partial charge in [0.2, 0.25) is 0 Å². The van der Waals surface area contributed by atoms with Crippen LogP contribution in [0.25, 0.3) is 0 Å². The highest BCUT2D eigenvalue weighted by Gasteiger charge is 2.21. The van der Waals surface area contributed by atoms with Crippen molar-refractivity contribution in [2.75, 3.05) is 6.67 Å². The van der Waals surface area contributed by atoms with Crippen LogP contribution < -0.4 is 5.73 Å². The summed E-state index contributed by atoms with van der Waals surface area (Å²) in [5.41, 5.74) is 6.55. The molecule has 0 saturated heterocycles. The largest absolute Gasteiger partial charge is 0.399 e. The van der Waals surface area contributed by atoms with Crippen LogP contribution in [0.5, 0.6) is 0 Å². The molecule has 0 fully saturated rings. The van der Waals surface area contributed by atoms with E-state index in [0.29, 0.717) is 6.42 Å². The molecule has 1 aliphatic carbocycles. The van der Waals surface area contributed by atoms with Gasteiger partial charge in [0.05, 0.1) is 6.67 Å². The van der Waals surface area contributed by atoms with Gasteiger partial charge in [-0.2, -0.15) is 0 Å². The number of hydrogen-bond donors (Lipinski definition) is 1. The van der Waals surface area contributed by atoms with Crippen molar-refractivity contribution in [3.63, 3.8) is 0 Å². The molecule has 1 nitrogen and oxygen atoms in total. The van der Waals surface area contributed by atoms with E-state index in [1.165, 1.54) is 0 Å². The standard InChI is InChI=1S/C10H16FN/c1-10(5-2-8-11)6-3-9(12)4-7-10/h3-4,6H,2,5,7-8,12H2,1H3. The van der Waals surface area contributed by atoms with Crippen LogP contribution in [0.3, 0.4) is 0 Å². The maximum Gasteiger partial charge on any atom is 0.0894 e. The first-order valence-electron chi connectivity index (χ1n) is 4.37. The molecule has 1 aliphatic rings. The van der Waals surface area contributed by atoms with Gasteiger partial charge in [0, 0.05) is 5.70 Å². The lowest BCUT2D eigenvalue weighted by Crippen LogP contribution is -2.16. The van der Waals surface area contributed by atoms with E-state index in [4.69, 9.17) is 5.73 Å². The predicted molar refractivity (Wildman–Crippen MR) is 49.3 cm³/mol. The molecule has 0 radical (unpaired) electrons. The third-order valence-electron chi connectivity index (χ3n) is 2.36. The molecule has 0 aromatic carbocycles. The van der Waals surface area contributed by atoms with Gasteiger partial charge in [-0.1, -0.05) is 19.1 Å². The second-order valence-corrected chi connectivity index (χ2v) is 3.69. The minimum absolute atomic E-state index is 0.134. The van der Waals surface area contributed by atoms with Gasteiger partial charge in [-0.15, -0.1) is 0 Å². The molecule has 2 N–H and O–H groups in total. The van der Waals surface area contributed by atoms with Gasteiger partial charge in [0.25, 0.3) is 0 Å². The number of allylic oxidation sites excluding steroid dienone is 3. The molecule has 0 heterocycles. The van der Waals surface area contributed by atoms with E-state index in [2.05, 4.69) is 13.0 Å². The summed E-state index contributed by atoms with van der Waals surface area (Å²) in [6, 6.07) is 0. The van der Waals surface area contributed by atoms with Crippen molar-refractivity contribution in [3.8, 4) is 0 Å². The summed E-state index contributed by atoms with van der Waals surface area (Å²) in [5, 5.41) is 0. The average Bonchev–Trinajstić information content (AvgIpc) is 2.08. The van der Waals surface area contributed by atoms with Crippen molar-refractivity contribution in [2.24, 2.45) is 11.1 Å². The molecule has 12 heavy (non-hydrogen) atoms. The number of alkyl halides is 1. The van der Waals surface area contributed by atoms with E-state index in [0.717, 1.165) is 18.5 Å². The zero-order chi connectivity index (χ0) is 9.03. The Balaban J connectivity index is 2.47. The van der Waals surface area contributed by atoms with Crippen LogP contribution in [0.2, 0.25) is 0 Å². The normalized spacial score (nSPS) is 28.7. The summed E-state index contributed by atoms with van der Waals surface area (Å²) in [4.78, 5) is 0. The van der Waals surface area contributed by atoms with Crippen molar-refractivity contribution in [1.82, 2.24) is 0 Å². The summed E-state index contributed by atoms with van der Waals surface area (Å²) in [5.74, 6) is 0. The quantitative estimate of drug-likeness (QED) is 0.690. The molecule has 0 amide bonds. The smallest absolute Gasteiger partial charge is 0.0894 e. The van der Waals surface area contributed by atoms with Crippen molar-refractivity contribution < 1.29 is 4.39 Å². The molecule has 0 aromatic rings. The monoisotopic (exact) mass is 169 g/mol. The first-order chi connectivity index (χ1) is 5.66. The Morgan fingerprint density at radius 1 is 1.67 bits per heavy atom. The van der Waals surface area contributed by atoms with E-state index in [9.17, 15) is 4.39 Å². The maximum atomic E-state index is 11.9. The lowest BCUT2D eigenvalue weighted by Gasteiger charge is -2.26. The minimum atomic E-state index is -0.220. The first kappa shape index (κ1) is 9.30. The van der Waals surface area contributed by atoms with Crippen molar-refractivity contribution in [3.05, 3.63) is 23.9 Å². The van der Waals surface area contributed by atoms with Crippen LogP contribution in [0.15, 0.2) is 23.9 Å².